The number of aliphatic hydroxyl groups is 1. The van der Waals surface area contributed by atoms with Gasteiger partial charge in [-0.25, -0.2) is 0 Å². The summed E-state index contributed by atoms with van der Waals surface area (Å²) in [5, 5.41) is 11.2. The summed E-state index contributed by atoms with van der Waals surface area (Å²) in [4.78, 5) is 29.3. The molecule has 170 valence electrons. The fourth-order valence-electron chi connectivity index (χ4n) is 3.74. The highest BCUT2D eigenvalue weighted by Crippen LogP contribution is 2.40. The number of ether oxygens (including phenoxy) is 3. The zero-order chi connectivity index (χ0) is 23.4. The molecule has 8 heteroatoms. The minimum absolute atomic E-state index is 0.0240. The molecule has 0 spiro atoms. The molecule has 0 aliphatic carbocycles. The maximum Gasteiger partial charge on any atom is 0.295 e. The van der Waals surface area contributed by atoms with Crippen molar-refractivity contribution in [1.82, 2.24) is 4.90 Å². The zero-order valence-corrected chi connectivity index (χ0v) is 18.9. The Kier molecular flexibility index (Phi) is 7.05. The first-order chi connectivity index (χ1) is 15.3. The molecule has 1 heterocycles. The molecule has 0 radical (unpaired) electrons. The second kappa shape index (κ2) is 9.74. The van der Waals surface area contributed by atoms with Crippen molar-refractivity contribution >= 4 is 23.1 Å². The Morgan fingerprint density at radius 2 is 1.66 bits per heavy atom. The highest BCUT2D eigenvalue weighted by atomic mass is 16.5. The molecule has 1 N–H and O–H groups in total. The number of methoxy groups -OCH3 is 3. The predicted octanol–water partition coefficient (Wildman–Crippen LogP) is 2.84. The van der Waals surface area contributed by atoms with Crippen molar-refractivity contribution in [2.45, 2.75) is 6.04 Å². The molecule has 1 fully saturated rings. The van der Waals surface area contributed by atoms with Crippen molar-refractivity contribution in [1.29, 1.82) is 0 Å². The van der Waals surface area contributed by atoms with Gasteiger partial charge in [0.25, 0.3) is 11.7 Å². The first-order valence-electron chi connectivity index (χ1n) is 10.1. The van der Waals surface area contributed by atoms with Crippen LogP contribution in [-0.2, 0) is 14.3 Å². The lowest BCUT2D eigenvalue weighted by Crippen LogP contribution is -2.32. The first-order valence-corrected chi connectivity index (χ1v) is 10.1. The number of anilines is 1. The summed E-state index contributed by atoms with van der Waals surface area (Å²) >= 11 is 0. The van der Waals surface area contributed by atoms with E-state index in [-0.39, 0.29) is 24.5 Å². The Balaban J connectivity index is 2.15. The van der Waals surface area contributed by atoms with Crippen LogP contribution in [0.1, 0.15) is 17.2 Å². The summed E-state index contributed by atoms with van der Waals surface area (Å²) in [6.07, 6.45) is 0. The largest absolute Gasteiger partial charge is 0.507 e. The van der Waals surface area contributed by atoms with E-state index in [1.54, 1.807) is 18.2 Å². The molecule has 2 aromatic rings. The van der Waals surface area contributed by atoms with Gasteiger partial charge in [0, 0.05) is 39.0 Å². The Morgan fingerprint density at radius 1 is 1.00 bits per heavy atom. The molecule has 1 aliphatic rings. The summed E-state index contributed by atoms with van der Waals surface area (Å²) < 4.78 is 15.7. The lowest BCUT2D eigenvalue weighted by Gasteiger charge is -2.25. The first kappa shape index (κ1) is 23.1. The smallest absolute Gasteiger partial charge is 0.295 e. The van der Waals surface area contributed by atoms with Gasteiger partial charge in [0.15, 0.2) is 11.5 Å². The molecule has 32 heavy (non-hydrogen) atoms. The van der Waals surface area contributed by atoms with E-state index in [9.17, 15) is 14.7 Å². The lowest BCUT2D eigenvalue weighted by molar-refractivity contribution is -0.140. The van der Waals surface area contributed by atoms with Gasteiger partial charge >= 0.3 is 0 Å². The van der Waals surface area contributed by atoms with Gasteiger partial charge in [-0.3, -0.25) is 9.59 Å². The van der Waals surface area contributed by atoms with Crippen LogP contribution in [0.4, 0.5) is 5.69 Å². The summed E-state index contributed by atoms with van der Waals surface area (Å²) in [6, 6.07) is 11.6. The van der Waals surface area contributed by atoms with Gasteiger partial charge in [0.05, 0.1) is 32.4 Å². The van der Waals surface area contributed by atoms with Crippen molar-refractivity contribution in [3.63, 3.8) is 0 Å². The van der Waals surface area contributed by atoms with Crippen LogP contribution < -0.4 is 14.4 Å². The maximum atomic E-state index is 13.0. The molecular formula is C24H28N2O6. The van der Waals surface area contributed by atoms with Gasteiger partial charge in [-0.05, 0) is 35.9 Å². The summed E-state index contributed by atoms with van der Waals surface area (Å²) in [5.41, 5.74) is 2.06. The molecule has 0 aromatic heterocycles. The third-order valence-electron chi connectivity index (χ3n) is 5.46. The van der Waals surface area contributed by atoms with E-state index < -0.39 is 17.7 Å². The predicted molar refractivity (Wildman–Crippen MR) is 121 cm³/mol. The SMILES string of the molecule is COCCN1C(=O)C(=O)/C(=C(\O)c2ccc(OC)c(OC)c2)C1c1ccc(N(C)C)cc1. The average Bonchev–Trinajstić information content (AvgIpc) is 3.06. The molecule has 8 nitrogen and oxygen atoms in total. The quantitative estimate of drug-likeness (QED) is 0.384. The minimum Gasteiger partial charge on any atom is -0.507 e. The van der Waals surface area contributed by atoms with Gasteiger partial charge in [0.1, 0.15) is 5.76 Å². The number of aliphatic hydroxyl groups excluding tert-OH is 1. The number of amides is 1. The van der Waals surface area contributed by atoms with Crippen LogP contribution in [0.25, 0.3) is 5.76 Å². The summed E-state index contributed by atoms with van der Waals surface area (Å²) in [7, 11) is 8.38. The molecule has 2 aromatic carbocycles. The number of likely N-dealkylation sites (tertiary alicyclic amines) is 1. The number of rotatable bonds is 8. The molecule has 1 amide bonds. The second-order valence-electron chi connectivity index (χ2n) is 7.54. The minimum atomic E-state index is -0.741. The number of ketones is 1. The fraction of sp³-hybridized carbons (Fsp3) is 0.333. The van der Waals surface area contributed by atoms with Gasteiger partial charge in [0.2, 0.25) is 0 Å². The molecule has 0 bridgehead atoms. The zero-order valence-electron chi connectivity index (χ0n) is 18.9. The topological polar surface area (TPSA) is 88.5 Å². The third kappa shape index (κ3) is 4.27. The van der Waals surface area contributed by atoms with Crippen molar-refractivity contribution in [3.8, 4) is 11.5 Å². The third-order valence-corrected chi connectivity index (χ3v) is 5.46. The van der Waals surface area contributed by atoms with Gasteiger partial charge < -0.3 is 29.1 Å². The number of Topliss-reactive ketones (excluding diaryl/α,β-unsaturated/α-hetero) is 1. The van der Waals surface area contributed by atoms with E-state index >= 15 is 0 Å². The highest BCUT2D eigenvalue weighted by molar-refractivity contribution is 6.46. The van der Waals surface area contributed by atoms with Gasteiger partial charge in [-0.1, -0.05) is 12.1 Å². The van der Waals surface area contributed by atoms with E-state index in [2.05, 4.69) is 0 Å². The van der Waals surface area contributed by atoms with Crippen LogP contribution >= 0.6 is 0 Å². The Morgan fingerprint density at radius 3 is 2.22 bits per heavy atom. The summed E-state index contributed by atoms with van der Waals surface area (Å²) in [6.45, 7) is 0.472. The van der Waals surface area contributed by atoms with Crippen LogP contribution in [0.3, 0.4) is 0 Å². The molecule has 1 unspecified atom stereocenters. The van der Waals surface area contributed by atoms with Crippen LogP contribution in [0.2, 0.25) is 0 Å². The van der Waals surface area contributed by atoms with E-state index in [0.29, 0.717) is 22.6 Å². The van der Waals surface area contributed by atoms with E-state index in [4.69, 9.17) is 14.2 Å². The van der Waals surface area contributed by atoms with Crippen LogP contribution in [0.15, 0.2) is 48.0 Å². The van der Waals surface area contributed by atoms with Crippen LogP contribution in [0.5, 0.6) is 11.5 Å². The molecular weight excluding hydrogens is 412 g/mol. The monoisotopic (exact) mass is 440 g/mol. The molecule has 3 rings (SSSR count). The number of hydrogen-bond donors (Lipinski definition) is 1. The van der Waals surface area contributed by atoms with E-state index in [1.807, 2.05) is 43.3 Å². The van der Waals surface area contributed by atoms with Crippen LogP contribution in [-0.4, -0.2) is 70.3 Å². The Bertz CT molecular complexity index is 1030. The number of nitrogens with zero attached hydrogens (tertiary/aromatic N) is 2. The van der Waals surface area contributed by atoms with Crippen LogP contribution in [0, 0.1) is 0 Å². The van der Waals surface area contributed by atoms with Crippen molar-refractivity contribution in [2.24, 2.45) is 0 Å². The average molecular weight is 440 g/mol. The van der Waals surface area contributed by atoms with Gasteiger partial charge in [-0.2, -0.15) is 0 Å². The van der Waals surface area contributed by atoms with Gasteiger partial charge in [-0.15, -0.1) is 0 Å². The lowest BCUT2D eigenvalue weighted by atomic mass is 9.95. The number of benzene rings is 2. The number of hydrogen-bond acceptors (Lipinski definition) is 7. The standard InChI is InChI=1S/C24H28N2O6/c1-25(2)17-9-6-15(7-10-17)21-20(23(28)24(29)26(21)12-13-30-3)22(27)16-8-11-18(31-4)19(14-16)32-5/h6-11,14,21,27H,12-13H2,1-5H3/b22-20-. The molecule has 0 saturated carbocycles. The molecule has 1 aliphatic heterocycles. The summed E-state index contributed by atoms with van der Waals surface area (Å²) in [5.74, 6) is -0.802. The number of carbonyl (C=O) groups is 2. The number of carbonyl (C=O) groups excluding carboxylic acids is 2. The van der Waals surface area contributed by atoms with Crippen molar-refractivity contribution < 1.29 is 28.9 Å². The highest BCUT2D eigenvalue weighted by Gasteiger charge is 2.45. The Hall–Kier alpha value is -3.52. The Labute approximate surface area is 187 Å². The van der Waals surface area contributed by atoms with Crippen molar-refractivity contribution in [3.05, 3.63) is 59.2 Å². The van der Waals surface area contributed by atoms with E-state index in [0.717, 1.165) is 5.69 Å². The molecule has 1 atom stereocenters. The second-order valence-corrected chi connectivity index (χ2v) is 7.54. The van der Waals surface area contributed by atoms with E-state index in [1.165, 1.54) is 26.2 Å². The molecule has 1 saturated heterocycles. The maximum absolute atomic E-state index is 13.0. The normalized spacial score (nSPS) is 17.5. The fourth-order valence-corrected chi connectivity index (χ4v) is 3.74. The van der Waals surface area contributed by atoms with Crippen molar-refractivity contribution in [2.75, 3.05) is 53.5 Å².